The molecular formula is C11H15N3O3. The SMILES string of the molecule is COC1CCCC1Nc1ncccc1[N+](=O)[O-]. The second-order valence-electron chi connectivity index (χ2n) is 4.08. The van der Waals surface area contributed by atoms with Crippen LogP contribution in [0.4, 0.5) is 11.5 Å². The molecule has 2 unspecified atom stereocenters. The molecule has 1 aliphatic rings. The van der Waals surface area contributed by atoms with Gasteiger partial charge in [-0.05, 0) is 25.3 Å². The second kappa shape index (κ2) is 5.09. The van der Waals surface area contributed by atoms with E-state index in [0.717, 1.165) is 19.3 Å². The summed E-state index contributed by atoms with van der Waals surface area (Å²) >= 11 is 0. The number of nitro groups is 1. The molecule has 0 bridgehead atoms. The zero-order valence-electron chi connectivity index (χ0n) is 9.63. The molecule has 2 atom stereocenters. The maximum absolute atomic E-state index is 10.8. The molecule has 1 fully saturated rings. The molecule has 0 spiro atoms. The van der Waals surface area contributed by atoms with Crippen LogP contribution in [0.3, 0.4) is 0 Å². The number of rotatable bonds is 4. The van der Waals surface area contributed by atoms with Gasteiger partial charge in [-0.25, -0.2) is 4.98 Å². The number of methoxy groups -OCH3 is 1. The van der Waals surface area contributed by atoms with Crippen molar-refractivity contribution < 1.29 is 9.66 Å². The van der Waals surface area contributed by atoms with E-state index in [-0.39, 0.29) is 17.8 Å². The molecule has 1 aromatic heterocycles. The third-order valence-electron chi connectivity index (χ3n) is 3.06. The minimum Gasteiger partial charge on any atom is -0.379 e. The summed E-state index contributed by atoms with van der Waals surface area (Å²) < 4.78 is 5.34. The average Bonchev–Trinajstić information content (AvgIpc) is 2.77. The lowest BCUT2D eigenvalue weighted by atomic mass is 10.2. The first-order valence-electron chi connectivity index (χ1n) is 5.61. The maximum Gasteiger partial charge on any atom is 0.311 e. The number of ether oxygens (including phenoxy) is 1. The highest BCUT2D eigenvalue weighted by atomic mass is 16.6. The van der Waals surface area contributed by atoms with Gasteiger partial charge < -0.3 is 10.1 Å². The highest BCUT2D eigenvalue weighted by molar-refractivity contribution is 5.55. The van der Waals surface area contributed by atoms with Crippen molar-refractivity contribution in [3.63, 3.8) is 0 Å². The van der Waals surface area contributed by atoms with Crippen LogP contribution in [0.1, 0.15) is 19.3 Å². The monoisotopic (exact) mass is 237 g/mol. The molecule has 1 saturated carbocycles. The van der Waals surface area contributed by atoms with Crippen molar-refractivity contribution in [3.8, 4) is 0 Å². The smallest absolute Gasteiger partial charge is 0.311 e. The van der Waals surface area contributed by atoms with Crippen molar-refractivity contribution in [1.82, 2.24) is 4.98 Å². The van der Waals surface area contributed by atoms with Crippen LogP contribution < -0.4 is 5.32 Å². The van der Waals surface area contributed by atoms with E-state index in [9.17, 15) is 10.1 Å². The Bertz CT molecular complexity index is 411. The summed E-state index contributed by atoms with van der Waals surface area (Å²) in [6, 6.07) is 3.12. The topological polar surface area (TPSA) is 77.3 Å². The Morgan fingerprint density at radius 2 is 2.41 bits per heavy atom. The third-order valence-corrected chi connectivity index (χ3v) is 3.06. The van der Waals surface area contributed by atoms with Crippen molar-refractivity contribution in [1.29, 1.82) is 0 Å². The first-order valence-corrected chi connectivity index (χ1v) is 5.61. The fourth-order valence-electron chi connectivity index (χ4n) is 2.20. The van der Waals surface area contributed by atoms with E-state index in [0.29, 0.717) is 5.82 Å². The highest BCUT2D eigenvalue weighted by Crippen LogP contribution is 2.28. The highest BCUT2D eigenvalue weighted by Gasteiger charge is 2.29. The molecule has 1 aliphatic carbocycles. The van der Waals surface area contributed by atoms with Crippen LogP contribution in [0, 0.1) is 10.1 Å². The van der Waals surface area contributed by atoms with E-state index >= 15 is 0 Å². The Kier molecular flexibility index (Phi) is 3.53. The molecule has 6 heteroatoms. The van der Waals surface area contributed by atoms with Crippen LogP contribution in [0.15, 0.2) is 18.3 Å². The number of nitrogens with zero attached hydrogens (tertiary/aromatic N) is 2. The molecule has 0 radical (unpaired) electrons. The van der Waals surface area contributed by atoms with E-state index < -0.39 is 4.92 Å². The van der Waals surface area contributed by atoms with Gasteiger partial charge in [0, 0.05) is 19.4 Å². The van der Waals surface area contributed by atoms with Gasteiger partial charge in [0.15, 0.2) is 0 Å². The predicted molar refractivity (Wildman–Crippen MR) is 63.0 cm³/mol. The summed E-state index contributed by atoms with van der Waals surface area (Å²) in [6.07, 6.45) is 4.65. The summed E-state index contributed by atoms with van der Waals surface area (Å²) in [5.74, 6) is 0.325. The van der Waals surface area contributed by atoms with Crippen molar-refractivity contribution in [2.24, 2.45) is 0 Å². The van der Waals surface area contributed by atoms with Crippen LogP contribution in [0.25, 0.3) is 0 Å². The summed E-state index contributed by atoms with van der Waals surface area (Å²) in [5, 5.41) is 14.0. The van der Waals surface area contributed by atoms with Crippen LogP contribution in [-0.4, -0.2) is 29.2 Å². The van der Waals surface area contributed by atoms with E-state index in [4.69, 9.17) is 4.74 Å². The van der Waals surface area contributed by atoms with Gasteiger partial charge >= 0.3 is 5.69 Å². The van der Waals surface area contributed by atoms with E-state index in [1.54, 1.807) is 19.4 Å². The fraction of sp³-hybridized carbons (Fsp3) is 0.545. The quantitative estimate of drug-likeness (QED) is 0.639. The van der Waals surface area contributed by atoms with Crippen LogP contribution in [-0.2, 0) is 4.74 Å². The van der Waals surface area contributed by atoms with Gasteiger partial charge in [0.05, 0.1) is 17.1 Å². The number of anilines is 1. The molecule has 6 nitrogen and oxygen atoms in total. The van der Waals surface area contributed by atoms with E-state index in [1.807, 2.05) is 0 Å². The van der Waals surface area contributed by atoms with E-state index in [1.165, 1.54) is 6.07 Å². The largest absolute Gasteiger partial charge is 0.379 e. The number of hydrogen-bond acceptors (Lipinski definition) is 5. The van der Waals surface area contributed by atoms with Crippen molar-refractivity contribution in [3.05, 3.63) is 28.4 Å². The summed E-state index contributed by atoms with van der Waals surface area (Å²) in [4.78, 5) is 14.4. The van der Waals surface area contributed by atoms with Crippen molar-refractivity contribution in [2.45, 2.75) is 31.4 Å². The lowest BCUT2D eigenvalue weighted by Gasteiger charge is -2.19. The van der Waals surface area contributed by atoms with Gasteiger partial charge in [-0.15, -0.1) is 0 Å². The summed E-state index contributed by atoms with van der Waals surface area (Å²) in [6.45, 7) is 0. The Hall–Kier alpha value is -1.69. The van der Waals surface area contributed by atoms with Crippen LogP contribution in [0.5, 0.6) is 0 Å². The molecule has 0 amide bonds. The number of hydrogen-bond donors (Lipinski definition) is 1. The molecule has 92 valence electrons. The van der Waals surface area contributed by atoms with Gasteiger partial charge in [0.2, 0.25) is 5.82 Å². The average molecular weight is 237 g/mol. The van der Waals surface area contributed by atoms with Gasteiger partial charge in [0.25, 0.3) is 0 Å². The lowest BCUT2D eigenvalue weighted by molar-refractivity contribution is -0.384. The lowest BCUT2D eigenvalue weighted by Crippen LogP contribution is -2.30. The summed E-state index contributed by atoms with van der Waals surface area (Å²) in [7, 11) is 1.66. The molecule has 1 heterocycles. The Balaban J connectivity index is 2.15. The van der Waals surface area contributed by atoms with Crippen LogP contribution in [0.2, 0.25) is 0 Å². The zero-order chi connectivity index (χ0) is 12.3. The molecule has 0 aliphatic heterocycles. The first kappa shape index (κ1) is 11.8. The Morgan fingerprint density at radius 1 is 1.59 bits per heavy atom. The Morgan fingerprint density at radius 3 is 3.12 bits per heavy atom. The molecular weight excluding hydrogens is 222 g/mol. The predicted octanol–water partition coefficient (Wildman–Crippen LogP) is 1.97. The number of nitrogens with one attached hydrogen (secondary N) is 1. The van der Waals surface area contributed by atoms with Crippen molar-refractivity contribution >= 4 is 11.5 Å². The molecule has 1 N–H and O–H groups in total. The van der Waals surface area contributed by atoms with Gasteiger partial charge in [-0.3, -0.25) is 10.1 Å². The normalized spacial score (nSPS) is 23.6. The molecule has 17 heavy (non-hydrogen) atoms. The van der Waals surface area contributed by atoms with Crippen LogP contribution >= 0.6 is 0 Å². The first-order chi connectivity index (χ1) is 8.22. The second-order valence-corrected chi connectivity index (χ2v) is 4.08. The number of pyridine rings is 1. The molecule has 0 aromatic carbocycles. The minimum atomic E-state index is -0.425. The zero-order valence-corrected chi connectivity index (χ0v) is 9.63. The van der Waals surface area contributed by atoms with Gasteiger partial charge in [-0.1, -0.05) is 0 Å². The van der Waals surface area contributed by atoms with Crippen molar-refractivity contribution in [2.75, 3.05) is 12.4 Å². The standard InChI is InChI=1S/C11H15N3O3/c1-17-10-6-2-4-8(10)13-11-9(14(15)16)5-3-7-12-11/h3,5,7-8,10H,2,4,6H2,1H3,(H,12,13). The maximum atomic E-state index is 10.8. The fourth-order valence-corrected chi connectivity index (χ4v) is 2.20. The minimum absolute atomic E-state index is 0.00857. The number of aromatic nitrogens is 1. The van der Waals surface area contributed by atoms with Gasteiger partial charge in [-0.2, -0.15) is 0 Å². The molecule has 2 rings (SSSR count). The molecule has 1 aromatic rings. The van der Waals surface area contributed by atoms with Gasteiger partial charge in [0.1, 0.15) is 0 Å². The Labute approximate surface area is 99.2 Å². The molecule has 0 saturated heterocycles. The summed E-state index contributed by atoms with van der Waals surface area (Å²) in [5.41, 5.74) is 0.00857. The van der Waals surface area contributed by atoms with E-state index in [2.05, 4.69) is 10.3 Å². The third kappa shape index (κ3) is 2.52.